The van der Waals surface area contributed by atoms with Gasteiger partial charge < -0.3 is 14.6 Å². The summed E-state index contributed by atoms with van der Waals surface area (Å²) in [7, 11) is 1.24. The Kier molecular flexibility index (Phi) is 4.25. The summed E-state index contributed by atoms with van der Waals surface area (Å²) in [6.45, 7) is 1.19. The van der Waals surface area contributed by atoms with Crippen LogP contribution in [0.2, 0.25) is 0 Å². The number of methoxy groups -OCH3 is 1. The normalized spacial score (nSPS) is 12.0. The van der Waals surface area contributed by atoms with Gasteiger partial charge in [0.2, 0.25) is 0 Å². The third-order valence-corrected chi connectivity index (χ3v) is 2.01. The molecule has 4 nitrogen and oxygen atoms in total. The molecule has 0 bridgehead atoms. The monoisotopic (exact) mass is 228 g/mol. The molecule has 1 atom stereocenters. The third-order valence-electron chi connectivity index (χ3n) is 2.01. The van der Waals surface area contributed by atoms with Gasteiger partial charge in [0.25, 0.3) is 0 Å². The molecule has 0 fully saturated rings. The summed E-state index contributed by atoms with van der Waals surface area (Å²) in [6.07, 6.45) is -0.880. The summed E-state index contributed by atoms with van der Waals surface area (Å²) in [5.41, 5.74) is 0.186. The van der Waals surface area contributed by atoms with Crippen molar-refractivity contribution in [2.75, 3.05) is 13.7 Å². The highest BCUT2D eigenvalue weighted by atomic mass is 19.1. The third kappa shape index (κ3) is 3.20. The number of carbonyl (C=O) groups excluding carboxylic acids is 1. The van der Waals surface area contributed by atoms with E-state index in [0.29, 0.717) is 0 Å². The van der Waals surface area contributed by atoms with Crippen LogP contribution >= 0.6 is 0 Å². The molecule has 0 aliphatic carbocycles. The molecule has 5 heteroatoms. The Labute approximate surface area is 92.6 Å². The highest BCUT2D eigenvalue weighted by Crippen LogP contribution is 2.21. The molecule has 0 amide bonds. The Balaban J connectivity index is 2.70. The minimum atomic E-state index is -0.880. The van der Waals surface area contributed by atoms with E-state index in [4.69, 9.17) is 4.74 Å². The molecule has 0 saturated carbocycles. The zero-order valence-electron chi connectivity index (χ0n) is 9.07. The molecule has 0 aliphatic rings. The van der Waals surface area contributed by atoms with Crippen LogP contribution in [0.1, 0.15) is 18.6 Å². The van der Waals surface area contributed by atoms with Gasteiger partial charge in [0.15, 0.2) is 6.61 Å². The van der Waals surface area contributed by atoms with Crippen molar-refractivity contribution in [2.24, 2.45) is 0 Å². The highest BCUT2D eigenvalue weighted by molar-refractivity contribution is 5.70. The smallest absolute Gasteiger partial charge is 0.343 e. The van der Waals surface area contributed by atoms with Crippen molar-refractivity contribution in [2.45, 2.75) is 13.0 Å². The predicted molar refractivity (Wildman–Crippen MR) is 54.5 cm³/mol. The fraction of sp³-hybridized carbons (Fsp3) is 0.364. The molecule has 1 rings (SSSR count). The standard InChI is InChI=1S/C11H13FO4/c1-7(13)9-4-3-8(5-10(9)12)16-6-11(14)15-2/h3-5,7,13H,6H2,1-2H3. The number of rotatable bonds is 4. The SMILES string of the molecule is COC(=O)COc1ccc(C(C)O)c(F)c1. The van der Waals surface area contributed by atoms with Crippen LogP contribution in [-0.2, 0) is 9.53 Å². The number of aliphatic hydroxyl groups is 1. The molecular formula is C11H13FO4. The fourth-order valence-corrected chi connectivity index (χ4v) is 1.14. The van der Waals surface area contributed by atoms with E-state index in [1.165, 1.54) is 26.2 Å². The number of hydrogen-bond donors (Lipinski definition) is 1. The maximum Gasteiger partial charge on any atom is 0.343 e. The molecule has 0 saturated heterocycles. The van der Waals surface area contributed by atoms with Crippen LogP contribution in [0, 0.1) is 5.82 Å². The van der Waals surface area contributed by atoms with Crippen LogP contribution < -0.4 is 4.74 Å². The average molecular weight is 228 g/mol. The number of halogens is 1. The van der Waals surface area contributed by atoms with Gasteiger partial charge in [-0.1, -0.05) is 0 Å². The lowest BCUT2D eigenvalue weighted by Gasteiger charge is -2.09. The number of ether oxygens (including phenoxy) is 2. The van der Waals surface area contributed by atoms with E-state index in [2.05, 4.69) is 4.74 Å². The van der Waals surface area contributed by atoms with Gasteiger partial charge in [0.05, 0.1) is 13.2 Å². The first kappa shape index (κ1) is 12.4. The van der Waals surface area contributed by atoms with Crippen molar-refractivity contribution in [3.8, 4) is 5.75 Å². The topological polar surface area (TPSA) is 55.8 Å². The summed E-state index contributed by atoms with van der Waals surface area (Å²) in [4.78, 5) is 10.8. The van der Waals surface area contributed by atoms with Gasteiger partial charge in [-0.25, -0.2) is 9.18 Å². The first-order chi connectivity index (χ1) is 7.54. The lowest BCUT2D eigenvalue weighted by molar-refractivity contribution is -0.142. The summed E-state index contributed by atoms with van der Waals surface area (Å²) in [5, 5.41) is 9.20. The van der Waals surface area contributed by atoms with E-state index in [0.717, 1.165) is 6.07 Å². The molecule has 16 heavy (non-hydrogen) atoms. The molecule has 0 radical (unpaired) electrons. The van der Waals surface area contributed by atoms with Gasteiger partial charge in [0, 0.05) is 11.6 Å². The van der Waals surface area contributed by atoms with Crippen molar-refractivity contribution in [3.63, 3.8) is 0 Å². The summed E-state index contributed by atoms with van der Waals surface area (Å²) in [5.74, 6) is -0.898. The van der Waals surface area contributed by atoms with Gasteiger partial charge in [0.1, 0.15) is 11.6 Å². The van der Waals surface area contributed by atoms with Gasteiger partial charge in [-0.15, -0.1) is 0 Å². The molecule has 0 spiro atoms. The van der Waals surface area contributed by atoms with Gasteiger partial charge in [-0.2, -0.15) is 0 Å². The Bertz CT molecular complexity index is 376. The number of benzene rings is 1. The number of esters is 1. The highest BCUT2D eigenvalue weighted by Gasteiger charge is 2.09. The first-order valence-corrected chi connectivity index (χ1v) is 4.71. The predicted octanol–water partition coefficient (Wildman–Crippen LogP) is 1.43. The number of hydrogen-bond acceptors (Lipinski definition) is 4. The van der Waals surface area contributed by atoms with E-state index < -0.39 is 17.9 Å². The van der Waals surface area contributed by atoms with Crippen LogP contribution in [0.15, 0.2) is 18.2 Å². The second kappa shape index (κ2) is 5.46. The van der Waals surface area contributed by atoms with Crippen LogP contribution in [0.5, 0.6) is 5.75 Å². The summed E-state index contributed by atoms with van der Waals surface area (Å²) >= 11 is 0. The zero-order valence-corrected chi connectivity index (χ0v) is 9.07. The molecule has 1 N–H and O–H groups in total. The largest absolute Gasteiger partial charge is 0.482 e. The summed E-state index contributed by atoms with van der Waals surface area (Å²) in [6, 6.07) is 4.01. The van der Waals surface area contributed by atoms with Gasteiger partial charge in [-0.3, -0.25) is 0 Å². The first-order valence-electron chi connectivity index (χ1n) is 4.71. The molecule has 0 heterocycles. The lowest BCUT2D eigenvalue weighted by Crippen LogP contribution is -2.12. The van der Waals surface area contributed by atoms with E-state index in [1.807, 2.05) is 0 Å². The lowest BCUT2D eigenvalue weighted by atomic mass is 10.1. The minimum Gasteiger partial charge on any atom is -0.482 e. The zero-order chi connectivity index (χ0) is 12.1. The van der Waals surface area contributed by atoms with Crippen molar-refractivity contribution >= 4 is 5.97 Å². The van der Waals surface area contributed by atoms with Crippen molar-refractivity contribution in [1.29, 1.82) is 0 Å². The number of aliphatic hydroxyl groups excluding tert-OH is 1. The Morgan fingerprint density at radius 2 is 2.25 bits per heavy atom. The Morgan fingerprint density at radius 1 is 1.56 bits per heavy atom. The van der Waals surface area contributed by atoms with E-state index >= 15 is 0 Å². The number of carbonyl (C=O) groups is 1. The maximum atomic E-state index is 13.4. The van der Waals surface area contributed by atoms with Crippen LogP contribution in [-0.4, -0.2) is 24.8 Å². The Morgan fingerprint density at radius 3 is 2.75 bits per heavy atom. The average Bonchev–Trinajstić information content (AvgIpc) is 2.25. The van der Waals surface area contributed by atoms with Crippen molar-refractivity contribution in [1.82, 2.24) is 0 Å². The van der Waals surface area contributed by atoms with E-state index in [1.54, 1.807) is 0 Å². The van der Waals surface area contributed by atoms with E-state index in [-0.39, 0.29) is 17.9 Å². The molecule has 1 aromatic carbocycles. The quantitative estimate of drug-likeness (QED) is 0.792. The van der Waals surface area contributed by atoms with Gasteiger partial charge in [-0.05, 0) is 19.1 Å². The van der Waals surface area contributed by atoms with E-state index in [9.17, 15) is 14.3 Å². The minimum absolute atomic E-state index is 0.186. The molecule has 1 aromatic rings. The van der Waals surface area contributed by atoms with Gasteiger partial charge >= 0.3 is 5.97 Å². The van der Waals surface area contributed by atoms with Crippen LogP contribution in [0.3, 0.4) is 0 Å². The summed E-state index contributed by atoms with van der Waals surface area (Å²) < 4.78 is 22.7. The van der Waals surface area contributed by atoms with Crippen LogP contribution in [0.4, 0.5) is 4.39 Å². The second-order valence-corrected chi connectivity index (χ2v) is 3.22. The molecular weight excluding hydrogens is 215 g/mol. The second-order valence-electron chi connectivity index (χ2n) is 3.22. The van der Waals surface area contributed by atoms with Crippen LogP contribution in [0.25, 0.3) is 0 Å². The molecule has 1 unspecified atom stereocenters. The molecule has 88 valence electrons. The Hall–Kier alpha value is -1.62. The fourth-order valence-electron chi connectivity index (χ4n) is 1.14. The molecule has 0 aliphatic heterocycles. The van der Waals surface area contributed by atoms with Crippen molar-refractivity contribution < 1.29 is 23.8 Å². The molecule has 0 aromatic heterocycles. The van der Waals surface area contributed by atoms with Crippen molar-refractivity contribution in [3.05, 3.63) is 29.6 Å². The maximum absolute atomic E-state index is 13.4.